The van der Waals surface area contributed by atoms with Gasteiger partial charge in [-0.2, -0.15) is 4.31 Å². The molecule has 0 saturated carbocycles. The van der Waals surface area contributed by atoms with Gasteiger partial charge in [0.2, 0.25) is 10.0 Å². The highest BCUT2D eigenvalue weighted by molar-refractivity contribution is 7.89. The summed E-state index contributed by atoms with van der Waals surface area (Å²) in [7, 11) is -2.02. The Morgan fingerprint density at radius 3 is 2.19 bits per heavy atom. The van der Waals surface area contributed by atoms with Crippen molar-refractivity contribution >= 4 is 21.7 Å². The maximum absolute atomic E-state index is 13.0. The normalized spacial score (nSPS) is 15.6. The molecule has 0 bridgehead atoms. The van der Waals surface area contributed by atoms with Crippen LogP contribution in [0.1, 0.15) is 15.9 Å². The van der Waals surface area contributed by atoms with E-state index in [0.29, 0.717) is 42.4 Å². The van der Waals surface area contributed by atoms with Crippen molar-refractivity contribution in [3.63, 3.8) is 0 Å². The highest BCUT2D eigenvalue weighted by Crippen LogP contribution is 2.26. The predicted octanol–water partition coefficient (Wildman–Crippen LogP) is 2.21. The van der Waals surface area contributed by atoms with Crippen LogP contribution >= 0.6 is 0 Å². The number of aryl methyl sites for hydroxylation is 1. The average molecular weight is 390 g/mol. The third kappa shape index (κ3) is 3.91. The summed E-state index contributed by atoms with van der Waals surface area (Å²) in [4.78, 5) is 13.3. The summed E-state index contributed by atoms with van der Waals surface area (Å²) in [5, 5.41) is 8.98. The number of anilines is 1. The van der Waals surface area contributed by atoms with E-state index in [1.807, 2.05) is 0 Å². The second-order valence-corrected chi connectivity index (χ2v) is 8.28. The number of aromatic carboxylic acids is 1. The van der Waals surface area contributed by atoms with Crippen LogP contribution in [0.15, 0.2) is 47.4 Å². The summed E-state index contributed by atoms with van der Waals surface area (Å²) in [6.07, 6.45) is 0. The van der Waals surface area contributed by atoms with Gasteiger partial charge in [0.1, 0.15) is 5.75 Å². The lowest BCUT2D eigenvalue weighted by atomic mass is 10.2. The van der Waals surface area contributed by atoms with Crippen LogP contribution in [0, 0.1) is 6.92 Å². The van der Waals surface area contributed by atoms with Crippen molar-refractivity contribution < 1.29 is 23.1 Å². The van der Waals surface area contributed by atoms with Gasteiger partial charge >= 0.3 is 5.97 Å². The molecule has 8 heteroatoms. The van der Waals surface area contributed by atoms with Gasteiger partial charge in [-0.05, 0) is 55.0 Å². The number of hydrogen-bond acceptors (Lipinski definition) is 5. The van der Waals surface area contributed by atoms with Crippen molar-refractivity contribution in [2.45, 2.75) is 11.8 Å². The van der Waals surface area contributed by atoms with Gasteiger partial charge in [-0.3, -0.25) is 0 Å². The van der Waals surface area contributed by atoms with E-state index in [1.54, 1.807) is 56.5 Å². The number of piperazine rings is 1. The van der Waals surface area contributed by atoms with Gasteiger partial charge in [0.05, 0.1) is 17.6 Å². The van der Waals surface area contributed by atoms with E-state index in [4.69, 9.17) is 9.84 Å². The fraction of sp³-hybridized carbons (Fsp3) is 0.316. The Kier molecular flexibility index (Phi) is 5.38. The minimum atomic E-state index is -3.57. The van der Waals surface area contributed by atoms with Crippen LogP contribution in [0.25, 0.3) is 0 Å². The predicted molar refractivity (Wildman–Crippen MR) is 102 cm³/mol. The van der Waals surface area contributed by atoms with Gasteiger partial charge in [-0.15, -0.1) is 0 Å². The Morgan fingerprint density at radius 2 is 1.67 bits per heavy atom. The molecule has 1 aliphatic heterocycles. The molecule has 27 heavy (non-hydrogen) atoms. The van der Waals surface area contributed by atoms with Crippen LogP contribution in [-0.4, -0.2) is 57.1 Å². The number of ether oxygens (including phenoxy) is 1. The molecule has 3 rings (SSSR count). The van der Waals surface area contributed by atoms with Gasteiger partial charge in [0.25, 0.3) is 0 Å². The molecule has 0 unspecified atom stereocenters. The summed E-state index contributed by atoms with van der Waals surface area (Å²) in [6.45, 7) is 3.58. The van der Waals surface area contributed by atoms with Gasteiger partial charge in [0.15, 0.2) is 0 Å². The lowest BCUT2D eigenvalue weighted by Crippen LogP contribution is -2.48. The van der Waals surface area contributed by atoms with Crippen molar-refractivity contribution in [1.82, 2.24) is 4.31 Å². The van der Waals surface area contributed by atoms with Gasteiger partial charge < -0.3 is 14.7 Å². The van der Waals surface area contributed by atoms with Crippen LogP contribution in [0.2, 0.25) is 0 Å². The first-order valence-electron chi connectivity index (χ1n) is 8.56. The summed E-state index contributed by atoms with van der Waals surface area (Å²) in [5.74, 6) is -0.339. The third-order valence-electron chi connectivity index (χ3n) is 4.72. The summed E-state index contributed by atoms with van der Waals surface area (Å²) in [5.41, 5.74) is 1.77. The lowest BCUT2D eigenvalue weighted by Gasteiger charge is -2.35. The van der Waals surface area contributed by atoms with Crippen molar-refractivity contribution in [3.8, 4) is 5.75 Å². The van der Waals surface area contributed by atoms with Gasteiger partial charge in [0, 0.05) is 31.9 Å². The number of carbonyl (C=O) groups is 1. The second-order valence-electron chi connectivity index (χ2n) is 6.37. The van der Waals surface area contributed by atoms with E-state index in [-0.39, 0.29) is 5.56 Å². The average Bonchev–Trinajstić information content (AvgIpc) is 2.67. The lowest BCUT2D eigenvalue weighted by molar-refractivity contribution is 0.0697. The van der Waals surface area contributed by atoms with Crippen molar-refractivity contribution in [2.75, 3.05) is 38.2 Å². The Morgan fingerprint density at radius 1 is 1.04 bits per heavy atom. The van der Waals surface area contributed by atoms with E-state index >= 15 is 0 Å². The maximum Gasteiger partial charge on any atom is 0.335 e. The highest BCUT2D eigenvalue weighted by atomic mass is 32.2. The first kappa shape index (κ1) is 19.2. The minimum absolute atomic E-state index is 0.231. The molecule has 144 valence electrons. The zero-order valence-corrected chi connectivity index (χ0v) is 16.1. The van der Waals surface area contributed by atoms with Gasteiger partial charge in [-0.25, -0.2) is 13.2 Å². The topological polar surface area (TPSA) is 87.2 Å². The first-order chi connectivity index (χ1) is 12.8. The monoisotopic (exact) mass is 390 g/mol. The summed E-state index contributed by atoms with van der Waals surface area (Å²) < 4.78 is 32.6. The summed E-state index contributed by atoms with van der Waals surface area (Å²) >= 11 is 0. The Balaban J connectivity index is 1.72. The molecule has 0 aromatic heterocycles. The maximum atomic E-state index is 13.0. The fourth-order valence-electron chi connectivity index (χ4n) is 3.18. The van der Waals surface area contributed by atoms with E-state index < -0.39 is 16.0 Å². The number of sulfonamides is 1. The Labute approximate surface area is 158 Å². The second kappa shape index (κ2) is 7.58. The SMILES string of the molecule is COc1ccc(S(=O)(=O)N2CCN(c3ccc(C(=O)O)cc3)CC2)c(C)c1. The standard InChI is InChI=1S/C19H22N2O5S/c1-14-13-17(26-2)7-8-18(14)27(24,25)21-11-9-20(10-12-21)16-5-3-15(4-6-16)19(22)23/h3-8,13H,9-12H2,1-2H3,(H,22,23). The molecule has 1 aliphatic rings. The molecule has 7 nitrogen and oxygen atoms in total. The Hall–Kier alpha value is -2.58. The van der Waals surface area contributed by atoms with Crippen LogP contribution in [0.4, 0.5) is 5.69 Å². The van der Waals surface area contributed by atoms with Crippen LogP contribution in [0.5, 0.6) is 5.75 Å². The van der Waals surface area contributed by atoms with Crippen molar-refractivity contribution in [3.05, 3.63) is 53.6 Å². The first-order valence-corrected chi connectivity index (χ1v) is 10.00. The van der Waals surface area contributed by atoms with E-state index in [2.05, 4.69) is 4.90 Å². The molecule has 0 radical (unpaired) electrons. The number of benzene rings is 2. The third-order valence-corrected chi connectivity index (χ3v) is 6.78. The molecule has 0 amide bonds. The molecule has 1 saturated heterocycles. The smallest absolute Gasteiger partial charge is 0.335 e. The molecule has 2 aromatic rings. The Bertz CT molecular complexity index is 933. The number of hydrogen-bond donors (Lipinski definition) is 1. The molecule has 0 atom stereocenters. The number of carboxylic acid groups (broad SMARTS) is 1. The quantitative estimate of drug-likeness (QED) is 0.842. The fourth-order valence-corrected chi connectivity index (χ4v) is 4.81. The van der Waals surface area contributed by atoms with Crippen LogP contribution in [-0.2, 0) is 10.0 Å². The van der Waals surface area contributed by atoms with Crippen LogP contribution < -0.4 is 9.64 Å². The van der Waals surface area contributed by atoms with Crippen molar-refractivity contribution in [2.24, 2.45) is 0 Å². The number of rotatable bonds is 5. The molecular weight excluding hydrogens is 368 g/mol. The summed E-state index contributed by atoms with van der Waals surface area (Å²) in [6, 6.07) is 11.6. The molecule has 0 aliphatic carbocycles. The molecule has 2 aromatic carbocycles. The molecular formula is C19H22N2O5S. The zero-order chi connectivity index (χ0) is 19.6. The molecule has 1 fully saturated rings. The van der Waals surface area contributed by atoms with Crippen molar-refractivity contribution in [1.29, 1.82) is 0 Å². The minimum Gasteiger partial charge on any atom is -0.497 e. The number of nitrogens with zero attached hydrogens (tertiary/aromatic N) is 2. The highest BCUT2D eigenvalue weighted by Gasteiger charge is 2.29. The van der Waals surface area contributed by atoms with Gasteiger partial charge in [-0.1, -0.05) is 0 Å². The zero-order valence-electron chi connectivity index (χ0n) is 15.3. The molecule has 1 heterocycles. The van der Waals surface area contributed by atoms with E-state index in [1.165, 1.54) is 4.31 Å². The van der Waals surface area contributed by atoms with E-state index in [9.17, 15) is 13.2 Å². The number of carboxylic acids is 1. The largest absolute Gasteiger partial charge is 0.497 e. The van der Waals surface area contributed by atoms with Crippen LogP contribution in [0.3, 0.4) is 0 Å². The number of methoxy groups -OCH3 is 1. The van der Waals surface area contributed by atoms with E-state index in [0.717, 1.165) is 5.69 Å². The molecule has 1 N–H and O–H groups in total. The molecule has 0 spiro atoms.